The molecule has 1 saturated heterocycles. The van der Waals surface area contributed by atoms with Gasteiger partial charge < -0.3 is 15.0 Å². The van der Waals surface area contributed by atoms with Crippen molar-refractivity contribution in [3.63, 3.8) is 0 Å². The van der Waals surface area contributed by atoms with Crippen LogP contribution in [0.4, 0.5) is 4.79 Å². The molecule has 0 spiro atoms. The van der Waals surface area contributed by atoms with Gasteiger partial charge in [0.25, 0.3) is 0 Å². The number of hydrogen-bond acceptors (Lipinski definition) is 4. The summed E-state index contributed by atoms with van der Waals surface area (Å²) in [5.74, 6) is 0.0463. The maximum atomic E-state index is 13.5. The predicted octanol–water partition coefficient (Wildman–Crippen LogP) is 5.91. The smallest absolute Gasteiger partial charge is 0.407 e. The van der Waals surface area contributed by atoms with Gasteiger partial charge in [-0.05, 0) is 55.2 Å². The Morgan fingerprint density at radius 1 is 1.19 bits per heavy atom. The zero-order valence-corrected chi connectivity index (χ0v) is 21.7. The van der Waals surface area contributed by atoms with E-state index in [1.54, 1.807) is 0 Å². The van der Waals surface area contributed by atoms with Gasteiger partial charge in [0.1, 0.15) is 6.04 Å². The number of carbonyl (C=O) groups excluding carboxylic acids is 2. The van der Waals surface area contributed by atoms with E-state index in [0.29, 0.717) is 6.54 Å². The van der Waals surface area contributed by atoms with Crippen LogP contribution in [0, 0.1) is 11.8 Å². The summed E-state index contributed by atoms with van der Waals surface area (Å²) in [5.41, 5.74) is 4.04. The van der Waals surface area contributed by atoms with Crippen molar-refractivity contribution in [3.8, 4) is 0 Å². The summed E-state index contributed by atoms with van der Waals surface area (Å²) in [4.78, 5) is 32.3. The highest BCUT2D eigenvalue weighted by Crippen LogP contribution is 2.32. The lowest BCUT2D eigenvalue weighted by atomic mass is 9.99. The zero-order chi connectivity index (χ0) is 23.8. The molecule has 0 saturated carbocycles. The number of hydrogen-bond donors (Lipinski definition) is 1. The zero-order valence-electron chi connectivity index (χ0n) is 20.1. The largest absolute Gasteiger partial charge is 0.453 e. The normalized spacial score (nSPS) is 17.9. The number of amides is 2. The van der Waals surface area contributed by atoms with Crippen molar-refractivity contribution in [2.24, 2.45) is 16.8 Å². The minimum atomic E-state index is -0.644. The van der Waals surface area contributed by atoms with Crippen molar-refractivity contribution in [2.75, 3.05) is 13.7 Å². The maximum absolute atomic E-state index is 13.5. The monoisotopic (exact) mass is 505 g/mol. The number of benzene rings is 1. The van der Waals surface area contributed by atoms with Crippen molar-refractivity contribution in [1.82, 2.24) is 10.2 Å². The Kier molecular flexibility index (Phi) is 9.94. The molecule has 1 aromatic rings. The summed E-state index contributed by atoms with van der Waals surface area (Å²) in [6.07, 6.45) is 2.82. The number of methoxy groups -OCH3 is 1. The molecule has 0 radical (unpaired) electrons. The summed E-state index contributed by atoms with van der Waals surface area (Å²) >= 11 is 3.49. The summed E-state index contributed by atoms with van der Waals surface area (Å²) in [6, 6.07) is 7.53. The SMILES string of the molecule is CCC(=N/C(=C1\CCCN1C(=O)C(NC(=O)OC)C(C)C)C(C)CC)c1ccc(Br)cc1. The Bertz CT molecular complexity index is 862. The second-order valence-electron chi connectivity index (χ2n) is 8.51. The Morgan fingerprint density at radius 2 is 1.84 bits per heavy atom. The average Bonchev–Trinajstić information content (AvgIpc) is 3.27. The first-order valence-corrected chi connectivity index (χ1v) is 12.2. The average molecular weight is 506 g/mol. The van der Waals surface area contributed by atoms with Crippen molar-refractivity contribution in [2.45, 2.75) is 66.3 Å². The molecule has 2 amide bonds. The molecule has 1 aromatic carbocycles. The second-order valence-corrected chi connectivity index (χ2v) is 9.43. The standard InChI is InChI=1S/C25H36BrN3O3/c1-7-17(5)23(27-20(8-2)18-11-13-19(26)14-12-18)21-10-9-15-29(21)24(30)22(16(3)4)28-25(31)32-6/h11-14,16-17,22H,7-10,15H2,1-6H3,(H,28,31)/b23-21+,27-20?. The molecule has 1 fully saturated rings. The second kappa shape index (κ2) is 12.2. The molecule has 176 valence electrons. The van der Waals surface area contributed by atoms with E-state index < -0.39 is 12.1 Å². The van der Waals surface area contributed by atoms with E-state index in [2.05, 4.69) is 54.2 Å². The van der Waals surface area contributed by atoms with Crippen LogP contribution >= 0.6 is 15.9 Å². The number of rotatable bonds is 8. The number of halogens is 1. The lowest BCUT2D eigenvalue weighted by Gasteiger charge is -2.29. The summed E-state index contributed by atoms with van der Waals surface area (Å²) in [5, 5.41) is 2.71. The van der Waals surface area contributed by atoms with Crippen molar-refractivity contribution >= 4 is 33.6 Å². The van der Waals surface area contributed by atoms with E-state index in [0.717, 1.165) is 52.8 Å². The quantitative estimate of drug-likeness (QED) is 0.446. The molecule has 6 nitrogen and oxygen atoms in total. The first-order valence-electron chi connectivity index (χ1n) is 11.5. The number of ether oxygens (including phenoxy) is 1. The lowest BCUT2D eigenvalue weighted by molar-refractivity contribution is -0.131. The molecular formula is C25H36BrN3O3. The van der Waals surface area contributed by atoms with Crippen LogP contribution < -0.4 is 5.32 Å². The fraction of sp³-hybridized carbons (Fsp3) is 0.560. The van der Waals surface area contributed by atoms with Crippen molar-refractivity contribution in [3.05, 3.63) is 45.7 Å². The van der Waals surface area contributed by atoms with Gasteiger partial charge in [-0.25, -0.2) is 4.79 Å². The van der Waals surface area contributed by atoms with Gasteiger partial charge in [0.05, 0.1) is 12.8 Å². The van der Waals surface area contributed by atoms with Crippen LogP contribution in [-0.4, -0.2) is 42.3 Å². The van der Waals surface area contributed by atoms with Crippen LogP contribution in [-0.2, 0) is 9.53 Å². The van der Waals surface area contributed by atoms with Gasteiger partial charge in [0, 0.05) is 22.4 Å². The highest BCUT2D eigenvalue weighted by atomic mass is 79.9. The van der Waals surface area contributed by atoms with Gasteiger partial charge >= 0.3 is 6.09 Å². The maximum Gasteiger partial charge on any atom is 0.407 e. The number of nitrogens with zero attached hydrogens (tertiary/aromatic N) is 2. The topological polar surface area (TPSA) is 71.0 Å². The van der Waals surface area contributed by atoms with Gasteiger partial charge in [0.15, 0.2) is 0 Å². The third kappa shape index (κ3) is 6.44. The van der Waals surface area contributed by atoms with E-state index >= 15 is 0 Å². The van der Waals surface area contributed by atoms with Crippen LogP contribution in [0.25, 0.3) is 0 Å². The Morgan fingerprint density at radius 3 is 2.38 bits per heavy atom. The summed E-state index contributed by atoms with van der Waals surface area (Å²) in [6.45, 7) is 10.9. The number of alkyl carbamates (subject to hydrolysis) is 1. The summed E-state index contributed by atoms with van der Waals surface area (Å²) < 4.78 is 5.77. The van der Waals surface area contributed by atoms with Crippen molar-refractivity contribution < 1.29 is 14.3 Å². The van der Waals surface area contributed by atoms with E-state index in [1.807, 2.05) is 30.9 Å². The van der Waals surface area contributed by atoms with Gasteiger partial charge in [-0.2, -0.15) is 0 Å². The van der Waals surface area contributed by atoms with Crippen molar-refractivity contribution in [1.29, 1.82) is 0 Å². The third-order valence-corrected chi connectivity index (χ3v) is 6.45. The minimum absolute atomic E-state index is 0.0621. The fourth-order valence-electron chi connectivity index (χ4n) is 3.84. The molecule has 7 heteroatoms. The number of allylic oxidation sites excluding steroid dienone is 2. The highest BCUT2D eigenvalue weighted by Gasteiger charge is 2.34. The number of likely N-dealkylation sites (tertiary alicyclic amines) is 1. The Labute approximate surface area is 200 Å². The molecule has 0 aliphatic carbocycles. The van der Waals surface area contributed by atoms with Gasteiger partial charge in [-0.1, -0.05) is 62.7 Å². The molecule has 1 aliphatic rings. The van der Waals surface area contributed by atoms with Crippen LogP contribution in [0.1, 0.15) is 65.9 Å². The number of carbonyl (C=O) groups is 2. The molecule has 2 atom stereocenters. The minimum Gasteiger partial charge on any atom is -0.453 e. The van der Waals surface area contributed by atoms with E-state index in [4.69, 9.17) is 9.73 Å². The van der Waals surface area contributed by atoms with Gasteiger partial charge in [0.2, 0.25) is 5.91 Å². The Balaban J connectivity index is 2.51. The third-order valence-electron chi connectivity index (χ3n) is 5.92. The molecular weight excluding hydrogens is 470 g/mol. The molecule has 0 bridgehead atoms. The van der Waals surface area contributed by atoms with Crippen LogP contribution in [0.5, 0.6) is 0 Å². The molecule has 1 heterocycles. The number of aliphatic imine (C=N–C) groups is 1. The van der Waals surface area contributed by atoms with Gasteiger partial charge in [-0.15, -0.1) is 0 Å². The molecule has 2 rings (SSSR count). The fourth-order valence-corrected chi connectivity index (χ4v) is 4.10. The first kappa shape index (κ1) is 26.1. The molecule has 32 heavy (non-hydrogen) atoms. The highest BCUT2D eigenvalue weighted by molar-refractivity contribution is 9.10. The molecule has 1 aliphatic heterocycles. The van der Waals surface area contributed by atoms with E-state index in [-0.39, 0.29) is 17.7 Å². The van der Waals surface area contributed by atoms with Crippen LogP contribution in [0.3, 0.4) is 0 Å². The van der Waals surface area contributed by atoms with Crippen LogP contribution in [0.15, 0.2) is 45.1 Å². The summed E-state index contributed by atoms with van der Waals surface area (Å²) in [7, 11) is 1.31. The van der Waals surface area contributed by atoms with Gasteiger partial charge in [-0.3, -0.25) is 9.79 Å². The molecule has 1 N–H and O–H groups in total. The first-order chi connectivity index (χ1) is 15.2. The molecule has 2 unspecified atom stereocenters. The molecule has 0 aromatic heterocycles. The van der Waals surface area contributed by atoms with E-state index in [1.165, 1.54) is 7.11 Å². The van der Waals surface area contributed by atoms with E-state index in [9.17, 15) is 9.59 Å². The lowest BCUT2D eigenvalue weighted by Crippen LogP contribution is -2.50. The Hall–Kier alpha value is -2.15. The predicted molar refractivity (Wildman–Crippen MR) is 133 cm³/mol. The number of nitrogens with one attached hydrogen (secondary N) is 1. The van der Waals surface area contributed by atoms with Crippen LogP contribution in [0.2, 0.25) is 0 Å².